The lowest BCUT2D eigenvalue weighted by Gasteiger charge is -2.11. The van der Waals surface area contributed by atoms with Crippen LogP contribution in [0.2, 0.25) is 0 Å². The first-order valence-corrected chi connectivity index (χ1v) is 12.9. The van der Waals surface area contributed by atoms with E-state index in [0.717, 1.165) is 55.3 Å². The summed E-state index contributed by atoms with van der Waals surface area (Å²) >= 11 is 7.52. The van der Waals surface area contributed by atoms with Gasteiger partial charge in [0.2, 0.25) is 0 Å². The predicted octanol–water partition coefficient (Wildman–Crippen LogP) is 8.80. The van der Waals surface area contributed by atoms with Gasteiger partial charge >= 0.3 is 0 Å². The molecule has 2 nitrogen and oxygen atoms in total. The quantitative estimate of drug-likeness (QED) is 0.168. The van der Waals surface area contributed by atoms with Crippen LogP contribution in [0.25, 0.3) is 32.7 Å². The molecular weight excluding hydrogens is 552 g/mol. The number of benzene rings is 4. The van der Waals surface area contributed by atoms with Crippen molar-refractivity contribution in [1.82, 2.24) is 0 Å². The highest BCUT2D eigenvalue weighted by Crippen LogP contribution is 2.30. The molecule has 0 radical (unpaired) electrons. The van der Waals surface area contributed by atoms with Crippen molar-refractivity contribution in [3.05, 3.63) is 95.4 Å². The van der Waals surface area contributed by atoms with Crippen LogP contribution in [0.5, 0.6) is 11.5 Å². The number of ether oxygens (including phenoxy) is 2. The summed E-state index contributed by atoms with van der Waals surface area (Å²) in [5.74, 6) is 1.72. The third kappa shape index (κ3) is 5.32. The van der Waals surface area contributed by atoms with Crippen molar-refractivity contribution >= 4 is 64.6 Å². The number of methoxy groups -OCH3 is 2. The van der Waals surface area contributed by atoms with Gasteiger partial charge in [-0.05, 0) is 82.9 Å². The molecule has 0 aromatic heterocycles. The summed E-state index contributed by atoms with van der Waals surface area (Å²) in [5, 5.41) is 4.61. The van der Waals surface area contributed by atoms with Crippen LogP contribution in [0.4, 0.5) is 0 Å². The molecular formula is C30H26Br2O2. The smallest absolute Gasteiger partial charge is 0.119 e. The lowest BCUT2D eigenvalue weighted by molar-refractivity contribution is 0.415. The fraction of sp³-hybridized carbons (Fsp3) is 0.200. The molecule has 2 atom stereocenters. The van der Waals surface area contributed by atoms with E-state index in [0.29, 0.717) is 0 Å². The molecule has 0 saturated carbocycles. The molecule has 4 aromatic carbocycles. The summed E-state index contributed by atoms with van der Waals surface area (Å²) in [4.78, 5) is 0.235. The minimum absolute atomic E-state index is 0.117. The van der Waals surface area contributed by atoms with Gasteiger partial charge in [0, 0.05) is 20.8 Å². The number of alkyl halides is 2. The Kier molecular flexibility index (Phi) is 7.66. The fourth-order valence-corrected chi connectivity index (χ4v) is 4.73. The van der Waals surface area contributed by atoms with Gasteiger partial charge in [0.15, 0.2) is 0 Å². The van der Waals surface area contributed by atoms with E-state index in [2.05, 4.69) is 118 Å². The second-order valence-corrected chi connectivity index (χ2v) is 10.9. The van der Waals surface area contributed by atoms with E-state index in [-0.39, 0.29) is 9.65 Å². The van der Waals surface area contributed by atoms with E-state index in [9.17, 15) is 0 Å². The van der Waals surface area contributed by atoms with Crippen molar-refractivity contribution in [1.29, 1.82) is 0 Å². The second kappa shape index (κ2) is 10.7. The fourth-order valence-electron chi connectivity index (χ4n) is 3.97. The molecule has 4 rings (SSSR count). The molecule has 172 valence electrons. The Labute approximate surface area is 217 Å². The molecule has 4 aromatic rings. The molecule has 34 heavy (non-hydrogen) atoms. The van der Waals surface area contributed by atoms with E-state index < -0.39 is 0 Å². The summed E-state index contributed by atoms with van der Waals surface area (Å²) in [7, 11) is 3.38. The van der Waals surface area contributed by atoms with Crippen molar-refractivity contribution < 1.29 is 9.47 Å². The molecule has 0 saturated heterocycles. The molecule has 0 aliphatic rings. The molecule has 0 amide bonds. The minimum atomic E-state index is 0.117. The van der Waals surface area contributed by atoms with Crippen LogP contribution in [0.1, 0.15) is 25.0 Å². The Balaban J connectivity index is 1.85. The average molecular weight is 578 g/mol. The lowest BCUT2D eigenvalue weighted by Crippen LogP contribution is -1.96. The second-order valence-electron chi connectivity index (χ2n) is 8.17. The summed E-state index contributed by atoms with van der Waals surface area (Å²) in [6.07, 6.45) is 0. The third-order valence-corrected chi connectivity index (χ3v) is 6.76. The standard InChI is InChI=1S/C30H26Br2O2/c1-19(31)29(25-7-5-23-17-27(33-3)11-9-21(23)15-25)13-14-30(20(2)32)26-8-6-24-18-28(34-4)12-10-22(24)16-26/h5-12,15-20H,1-4H3. The van der Waals surface area contributed by atoms with E-state index in [4.69, 9.17) is 9.47 Å². The highest BCUT2D eigenvalue weighted by atomic mass is 79.9. The number of hydrogen-bond acceptors (Lipinski definition) is 2. The van der Waals surface area contributed by atoms with Crippen LogP contribution in [-0.4, -0.2) is 23.9 Å². The largest absolute Gasteiger partial charge is 0.497 e. The summed E-state index contributed by atoms with van der Waals surface area (Å²) in [5.41, 5.74) is 11.3. The predicted molar refractivity (Wildman–Crippen MR) is 152 cm³/mol. The molecule has 0 aliphatic heterocycles. The molecule has 0 spiro atoms. The van der Waals surface area contributed by atoms with Crippen molar-refractivity contribution in [2.24, 2.45) is 0 Å². The van der Waals surface area contributed by atoms with E-state index in [1.807, 2.05) is 12.1 Å². The number of hydrogen-bond donors (Lipinski definition) is 0. The zero-order valence-electron chi connectivity index (χ0n) is 19.7. The van der Waals surface area contributed by atoms with Crippen LogP contribution in [0.15, 0.2) is 84.3 Å². The zero-order chi connectivity index (χ0) is 24.2. The first kappa shape index (κ1) is 24.4. The molecule has 0 bridgehead atoms. The molecule has 4 heteroatoms. The van der Waals surface area contributed by atoms with Crippen molar-refractivity contribution in [3.8, 4) is 11.5 Å². The molecule has 0 aliphatic carbocycles. The highest BCUT2D eigenvalue weighted by molar-refractivity contribution is 9.10. The van der Waals surface area contributed by atoms with Gasteiger partial charge in [-0.15, -0.1) is 0 Å². The van der Waals surface area contributed by atoms with Gasteiger partial charge in [0.25, 0.3) is 0 Å². The van der Waals surface area contributed by atoms with Crippen LogP contribution in [0, 0.1) is 0 Å². The summed E-state index contributed by atoms with van der Waals surface area (Å²) < 4.78 is 10.7. The van der Waals surface area contributed by atoms with Gasteiger partial charge in [-0.3, -0.25) is 0 Å². The van der Waals surface area contributed by atoms with E-state index in [1.165, 1.54) is 0 Å². The van der Waals surface area contributed by atoms with Gasteiger partial charge in [-0.25, -0.2) is 0 Å². The van der Waals surface area contributed by atoms with Crippen LogP contribution in [-0.2, 0) is 0 Å². The van der Waals surface area contributed by atoms with Gasteiger partial charge in [-0.2, -0.15) is 0 Å². The van der Waals surface area contributed by atoms with E-state index in [1.54, 1.807) is 14.2 Å². The molecule has 0 fully saturated rings. The van der Waals surface area contributed by atoms with Gasteiger partial charge < -0.3 is 9.47 Å². The first-order valence-electron chi connectivity index (χ1n) is 11.1. The van der Waals surface area contributed by atoms with Crippen LogP contribution < -0.4 is 9.47 Å². The normalized spacial score (nSPS) is 12.5. The van der Waals surface area contributed by atoms with Gasteiger partial charge in [0.05, 0.1) is 14.2 Å². The molecule has 0 heterocycles. The van der Waals surface area contributed by atoms with Crippen molar-refractivity contribution in [3.63, 3.8) is 0 Å². The van der Waals surface area contributed by atoms with E-state index >= 15 is 0 Å². The minimum Gasteiger partial charge on any atom is -0.497 e. The van der Waals surface area contributed by atoms with Gasteiger partial charge in [-0.1, -0.05) is 79.7 Å². The lowest BCUT2D eigenvalue weighted by atomic mass is 9.98. The zero-order valence-corrected chi connectivity index (χ0v) is 22.8. The topological polar surface area (TPSA) is 18.5 Å². The summed E-state index contributed by atoms with van der Waals surface area (Å²) in [6.45, 7) is 4.23. The Bertz CT molecular complexity index is 1340. The third-order valence-electron chi connectivity index (χ3n) is 5.84. The SMILES string of the molecule is COc1ccc2cc(C(=C=C=C(c3ccc4cc(OC)ccc4c3)C(C)Br)C(C)Br)ccc2c1. The first-order chi connectivity index (χ1) is 16.4. The number of fused-ring (bicyclic) bond motifs is 2. The molecule has 0 N–H and O–H groups in total. The van der Waals surface area contributed by atoms with Crippen molar-refractivity contribution in [2.75, 3.05) is 14.2 Å². The maximum atomic E-state index is 5.36. The Morgan fingerprint density at radius 2 is 0.941 bits per heavy atom. The Hall–Kier alpha value is -2.74. The Morgan fingerprint density at radius 3 is 1.29 bits per heavy atom. The molecule has 2 unspecified atom stereocenters. The summed E-state index contributed by atoms with van der Waals surface area (Å²) in [6, 6.07) is 25.1. The number of allylic oxidation sites excluding steroid dienone is 2. The van der Waals surface area contributed by atoms with Crippen LogP contribution in [0.3, 0.4) is 0 Å². The van der Waals surface area contributed by atoms with Gasteiger partial charge in [0.1, 0.15) is 11.5 Å². The monoisotopic (exact) mass is 576 g/mol. The number of rotatable bonds is 6. The maximum absolute atomic E-state index is 5.36. The Morgan fingerprint density at radius 1 is 0.588 bits per heavy atom. The highest BCUT2D eigenvalue weighted by Gasteiger charge is 2.11. The van der Waals surface area contributed by atoms with Crippen LogP contribution >= 0.6 is 31.9 Å². The average Bonchev–Trinajstić information content (AvgIpc) is 2.85. The maximum Gasteiger partial charge on any atom is 0.119 e. The van der Waals surface area contributed by atoms with Crippen molar-refractivity contribution in [2.45, 2.75) is 23.5 Å². The number of halogens is 2.